The van der Waals surface area contributed by atoms with Gasteiger partial charge in [0.05, 0.1) is 39.9 Å². The van der Waals surface area contributed by atoms with E-state index in [0.29, 0.717) is 17.4 Å². The van der Waals surface area contributed by atoms with E-state index in [9.17, 15) is 19.4 Å². The van der Waals surface area contributed by atoms with Gasteiger partial charge >= 0.3 is 0 Å². The van der Waals surface area contributed by atoms with Crippen LogP contribution in [0.25, 0.3) is 0 Å². The molecule has 2 N–H and O–H groups in total. The van der Waals surface area contributed by atoms with Crippen LogP contribution in [0.4, 0.5) is 0 Å². The van der Waals surface area contributed by atoms with Crippen LogP contribution in [0.3, 0.4) is 0 Å². The van der Waals surface area contributed by atoms with Crippen molar-refractivity contribution in [1.29, 1.82) is 0 Å². The number of nitrogens with zero attached hydrogens (tertiary/aromatic N) is 1. The number of hydrogen-bond donors (Lipinski definition) is 2. The van der Waals surface area contributed by atoms with E-state index in [1.807, 2.05) is 27.2 Å². The average molecular weight is 942 g/mol. The Labute approximate surface area is 405 Å². The third kappa shape index (κ3) is 50.9. The van der Waals surface area contributed by atoms with E-state index in [1.165, 1.54) is 231 Å². The van der Waals surface area contributed by atoms with Crippen molar-refractivity contribution in [3.63, 3.8) is 0 Å². The Morgan fingerprint density at radius 3 is 1.15 bits per heavy atom. The van der Waals surface area contributed by atoms with Crippen LogP contribution in [0.2, 0.25) is 0 Å². The SMILES string of the molecule is CCCCCCCCCCCCC/C=C/[C@@H](O)[C@H](COP(=O)([O-])OCC[N+](C)(C)C)NC(=O)CCCCCCCCCCCCCCCCCCCCCCCCCCCCCCCC. The Morgan fingerprint density at radius 2 is 0.831 bits per heavy atom. The second kappa shape index (κ2) is 48.3. The van der Waals surface area contributed by atoms with Crippen molar-refractivity contribution in [2.45, 2.75) is 302 Å². The maximum atomic E-state index is 12.9. The smallest absolute Gasteiger partial charge is 0.268 e. The van der Waals surface area contributed by atoms with E-state index < -0.39 is 20.0 Å². The molecule has 0 saturated carbocycles. The van der Waals surface area contributed by atoms with E-state index in [0.717, 1.165) is 38.5 Å². The zero-order valence-corrected chi connectivity index (χ0v) is 45.1. The topological polar surface area (TPSA) is 108 Å². The number of phosphoric acid groups is 1. The van der Waals surface area contributed by atoms with Gasteiger partial charge in [-0.05, 0) is 19.3 Å². The molecule has 9 heteroatoms. The molecule has 388 valence electrons. The molecular formula is C56H113N2O6P. The number of unbranched alkanes of at least 4 members (excludes halogenated alkanes) is 40. The van der Waals surface area contributed by atoms with Gasteiger partial charge in [-0.3, -0.25) is 9.36 Å². The summed E-state index contributed by atoms with van der Waals surface area (Å²) in [5.74, 6) is -0.191. The zero-order valence-electron chi connectivity index (χ0n) is 44.2. The summed E-state index contributed by atoms with van der Waals surface area (Å²) < 4.78 is 23.3. The molecule has 0 aliphatic heterocycles. The summed E-state index contributed by atoms with van der Waals surface area (Å²) in [7, 11) is 1.28. The summed E-state index contributed by atoms with van der Waals surface area (Å²) in [5.41, 5.74) is 0. The van der Waals surface area contributed by atoms with E-state index in [1.54, 1.807) is 6.08 Å². The largest absolute Gasteiger partial charge is 0.756 e. The van der Waals surface area contributed by atoms with Gasteiger partial charge in [-0.2, -0.15) is 0 Å². The van der Waals surface area contributed by atoms with E-state index in [-0.39, 0.29) is 19.1 Å². The number of aliphatic hydroxyl groups excluding tert-OH is 1. The third-order valence-electron chi connectivity index (χ3n) is 13.2. The summed E-state index contributed by atoms with van der Waals surface area (Å²) in [5, 5.41) is 13.8. The van der Waals surface area contributed by atoms with Gasteiger partial charge in [0, 0.05) is 6.42 Å². The van der Waals surface area contributed by atoms with Crippen LogP contribution in [0.1, 0.15) is 290 Å². The lowest BCUT2D eigenvalue weighted by atomic mass is 10.0. The van der Waals surface area contributed by atoms with Gasteiger partial charge in [0.1, 0.15) is 13.2 Å². The molecule has 0 radical (unpaired) electrons. The molecule has 0 heterocycles. The maximum Gasteiger partial charge on any atom is 0.268 e. The zero-order chi connectivity index (χ0) is 47.8. The van der Waals surface area contributed by atoms with Crippen molar-refractivity contribution in [3.05, 3.63) is 12.2 Å². The molecule has 0 aliphatic rings. The second-order valence-corrected chi connectivity index (χ2v) is 22.4. The summed E-state index contributed by atoms with van der Waals surface area (Å²) >= 11 is 0. The summed E-state index contributed by atoms with van der Waals surface area (Å²) in [6, 6.07) is -0.881. The van der Waals surface area contributed by atoms with E-state index in [2.05, 4.69) is 19.2 Å². The van der Waals surface area contributed by atoms with Crippen molar-refractivity contribution in [3.8, 4) is 0 Å². The molecule has 0 rings (SSSR count). The highest BCUT2D eigenvalue weighted by atomic mass is 31.2. The molecule has 1 unspecified atom stereocenters. The second-order valence-electron chi connectivity index (χ2n) is 21.0. The highest BCUT2D eigenvalue weighted by Gasteiger charge is 2.23. The summed E-state index contributed by atoms with van der Waals surface area (Å²) in [4.78, 5) is 25.4. The van der Waals surface area contributed by atoms with Crippen molar-refractivity contribution >= 4 is 13.7 Å². The number of amides is 1. The molecule has 8 nitrogen and oxygen atoms in total. The number of carbonyl (C=O) groups excluding carboxylic acids is 1. The number of rotatable bonds is 53. The van der Waals surface area contributed by atoms with Crippen LogP contribution in [0.5, 0.6) is 0 Å². The van der Waals surface area contributed by atoms with Gasteiger partial charge < -0.3 is 28.8 Å². The Balaban J connectivity index is 4.01. The van der Waals surface area contributed by atoms with Gasteiger partial charge in [0.25, 0.3) is 7.82 Å². The number of nitrogens with one attached hydrogen (secondary N) is 1. The quantitative estimate of drug-likeness (QED) is 0.0272. The highest BCUT2D eigenvalue weighted by molar-refractivity contribution is 7.45. The molecule has 0 fully saturated rings. The van der Waals surface area contributed by atoms with Gasteiger partial charge in [-0.1, -0.05) is 276 Å². The predicted molar refractivity (Wildman–Crippen MR) is 279 cm³/mol. The standard InChI is InChI=1S/C56H113N2O6P/c1-6-8-10-12-14-16-18-20-21-22-23-24-25-26-27-28-29-30-31-32-33-34-35-36-38-40-42-44-46-48-50-56(60)57-54(53-64-65(61,62)63-52-51-58(3,4)5)55(59)49-47-45-43-41-39-37-19-17-15-13-11-9-7-2/h47,49,54-55,59H,6-46,48,50-53H2,1-5H3,(H-,57,60,61,62)/b49-47+/t54-,55+/m0/s1. The first-order valence-corrected chi connectivity index (χ1v) is 30.0. The molecule has 3 atom stereocenters. The fourth-order valence-electron chi connectivity index (χ4n) is 8.74. The number of allylic oxidation sites excluding steroid dienone is 1. The van der Waals surface area contributed by atoms with Crippen molar-refractivity contribution < 1.29 is 32.9 Å². The van der Waals surface area contributed by atoms with E-state index >= 15 is 0 Å². The Morgan fingerprint density at radius 1 is 0.523 bits per heavy atom. The molecular weight excluding hydrogens is 828 g/mol. The van der Waals surface area contributed by atoms with Crippen LogP contribution in [0, 0.1) is 0 Å². The van der Waals surface area contributed by atoms with Crippen molar-refractivity contribution in [2.75, 3.05) is 40.9 Å². The van der Waals surface area contributed by atoms with E-state index in [4.69, 9.17) is 9.05 Å². The third-order valence-corrected chi connectivity index (χ3v) is 14.2. The van der Waals surface area contributed by atoms with Gasteiger partial charge in [0.2, 0.25) is 5.91 Å². The molecule has 0 saturated heterocycles. The Hall–Kier alpha value is -0.760. The lowest BCUT2D eigenvalue weighted by Crippen LogP contribution is -2.45. The highest BCUT2D eigenvalue weighted by Crippen LogP contribution is 2.38. The average Bonchev–Trinajstić information content (AvgIpc) is 3.26. The number of quaternary nitrogens is 1. The molecule has 0 aliphatic carbocycles. The molecule has 1 amide bonds. The number of aliphatic hydroxyl groups is 1. The Kier molecular flexibility index (Phi) is 47.7. The van der Waals surface area contributed by atoms with Crippen LogP contribution in [-0.2, 0) is 18.4 Å². The molecule has 0 aromatic rings. The number of carbonyl (C=O) groups is 1. The first kappa shape index (κ1) is 64.2. The Bertz CT molecular complexity index is 1070. The maximum absolute atomic E-state index is 12.9. The minimum atomic E-state index is -4.59. The first-order chi connectivity index (χ1) is 31.5. The van der Waals surface area contributed by atoms with Crippen molar-refractivity contribution in [2.24, 2.45) is 0 Å². The van der Waals surface area contributed by atoms with Crippen LogP contribution in [-0.4, -0.2) is 68.5 Å². The fraction of sp³-hybridized carbons (Fsp3) is 0.946. The molecule has 0 spiro atoms. The van der Waals surface area contributed by atoms with Gasteiger partial charge in [0.15, 0.2) is 0 Å². The number of hydrogen-bond acceptors (Lipinski definition) is 6. The summed E-state index contributed by atoms with van der Waals surface area (Å²) in [6.07, 6.45) is 58.7. The lowest BCUT2D eigenvalue weighted by Gasteiger charge is -2.29. The van der Waals surface area contributed by atoms with Gasteiger partial charge in [-0.15, -0.1) is 0 Å². The summed E-state index contributed by atoms with van der Waals surface area (Å²) in [6.45, 7) is 4.68. The molecule has 0 bridgehead atoms. The molecule has 0 aromatic heterocycles. The molecule has 65 heavy (non-hydrogen) atoms. The fourth-order valence-corrected chi connectivity index (χ4v) is 9.47. The van der Waals surface area contributed by atoms with Crippen molar-refractivity contribution in [1.82, 2.24) is 5.32 Å². The first-order valence-electron chi connectivity index (χ1n) is 28.6. The number of phosphoric ester groups is 1. The van der Waals surface area contributed by atoms with Crippen LogP contribution < -0.4 is 10.2 Å². The minimum Gasteiger partial charge on any atom is -0.756 e. The lowest BCUT2D eigenvalue weighted by molar-refractivity contribution is -0.870. The number of likely N-dealkylation sites (N-methyl/N-ethyl adjacent to an activating group) is 1. The normalized spacial score (nSPS) is 14.0. The minimum absolute atomic E-state index is 0.00238. The van der Waals surface area contributed by atoms with Crippen LogP contribution >= 0.6 is 7.82 Å². The predicted octanol–water partition coefficient (Wildman–Crippen LogP) is 16.4. The van der Waals surface area contributed by atoms with Gasteiger partial charge in [-0.25, -0.2) is 0 Å². The monoisotopic (exact) mass is 941 g/mol. The molecule has 0 aromatic carbocycles. The van der Waals surface area contributed by atoms with Crippen LogP contribution in [0.15, 0.2) is 12.2 Å².